The van der Waals surface area contributed by atoms with Crippen LogP contribution in [-0.4, -0.2) is 76.9 Å². The van der Waals surface area contributed by atoms with Gasteiger partial charge in [-0.1, -0.05) is 13.8 Å². The van der Waals surface area contributed by atoms with Crippen molar-refractivity contribution in [2.75, 3.05) is 47.2 Å². The number of aliphatic hydroxyl groups excluding tert-OH is 1. The van der Waals surface area contributed by atoms with E-state index in [1.165, 1.54) is 13.2 Å². The summed E-state index contributed by atoms with van der Waals surface area (Å²) in [5.74, 6) is 2.22. The van der Waals surface area contributed by atoms with Crippen LogP contribution in [0.25, 0.3) is 10.8 Å². The zero-order valence-electron chi connectivity index (χ0n) is 20.9. The van der Waals surface area contributed by atoms with E-state index in [4.69, 9.17) is 0 Å². The number of hydrogen-bond donors (Lipinski definition) is 3. The minimum Gasteiger partial charge on any atom is -0.390 e. The van der Waals surface area contributed by atoms with Gasteiger partial charge in [0.1, 0.15) is 27.3 Å². The van der Waals surface area contributed by atoms with Crippen LogP contribution in [0.2, 0.25) is 0 Å². The third-order valence-corrected chi connectivity index (χ3v) is 7.18. The molecule has 10 nitrogen and oxygen atoms in total. The minimum absolute atomic E-state index is 0.00273. The fourth-order valence-corrected chi connectivity index (χ4v) is 4.66. The van der Waals surface area contributed by atoms with Crippen LogP contribution in [0.4, 0.5) is 27.8 Å². The summed E-state index contributed by atoms with van der Waals surface area (Å²) in [6.07, 6.45) is 5.58. The molecule has 1 saturated heterocycles. The molecule has 4 heterocycles. The van der Waals surface area contributed by atoms with E-state index in [0.29, 0.717) is 36.4 Å². The molecule has 36 heavy (non-hydrogen) atoms. The Hall–Kier alpha value is -3.12. The second-order valence-corrected chi connectivity index (χ2v) is 12.0. The zero-order valence-corrected chi connectivity index (χ0v) is 21.7. The number of pyridine rings is 2. The van der Waals surface area contributed by atoms with E-state index in [1.807, 2.05) is 6.07 Å². The van der Waals surface area contributed by atoms with Crippen molar-refractivity contribution >= 4 is 44.0 Å². The molecule has 0 unspecified atom stereocenters. The molecule has 0 saturated carbocycles. The Balaban J connectivity index is 1.59. The number of nitrogens with one attached hydrogen (secondary N) is 2. The van der Waals surface area contributed by atoms with Crippen LogP contribution in [0.15, 0.2) is 30.7 Å². The van der Waals surface area contributed by atoms with Gasteiger partial charge in [-0.25, -0.2) is 27.8 Å². The van der Waals surface area contributed by atoms with Crippen molar-refractivity contribution in [1.29, 1.82) is 0 Å². The molecule has 1 aliphatic rings. The van der Waals surface area contributed by atoms with Gasteiger partial charge in [-0.2, -0.15) is 4.98 Å². The molecule has 0 bridgehead atoms. The van der Waals surface area contributed by atoms with Gasteiger partial charge >= 0.3 is 0 Å². The van der Waals surface area contributed by atoms with Gasteiger partial charge in [0.05, 0.1) is 18.4 Å². The second kappa shape index (κ2) is 10.1. The second-order valence-electron chi connectivity index (χ2n) is 9.76. The van der Waals surface area contributed by atoms with Gasteiger partial charge in [-0.05, 0) is 42.3 Å². The maximum Gasteiger partial charge on any atom is 0.227 e. The van der Waals surface area contributed by atoms with E-state index < -0.39 is 21.6 Å². The maximum absolute atomic E-state index is 14.7. The first-order valence-corrected chi connectivity index (χ1v) is 13.9. The largest absolute Gasteiger partial charge is 0.390 e. The molecule has 3 aromatic rings. The lowest BCUT2D eigenvalue weighted by Crippen LogP contribution is -2.52. The number of rotatable bonds is 8. The Labute approximate surface area is 210 Å². The number of alkyl halides is 1. The summed E-state index contributed by atoms with van der Waals surface area (Å²) >= 11 is 0. The highest BCUT2D eigenvalue weighted by Gasteiger charge is 2.39. The first-order chi connectivity index (χ1) is 16.9. The Morgan fingerprint density at radius 3 is 2.69 bits per heavy atom. The average molecular weight is 518 g/mol. The van der Waals surface area contributed by atoms with Gasteiger partial charge in [-0.3, -0.25) is 0 Å². The Morgan fingerprint density at radius 1 is 1.22 bits per heavy atom. The highest BCUT2D eigenvalue weighted by Crippen LogP contribution is 2.31. The predicted octanol–water partition coefficient (Wildman–Crippen LogP) is 3.04. The quantitative estimate of drug-likeness (QED) is 0.409. The molecule has 1 aliphatic heterocycles. The van der Waals surface area contributed by atoms with Crippen molar-refractivity contribution < 1.29 is 17.9 Å². The van der Waals surface area contributed by atoms with Gasteiger partial charge < -0.3 is 20.6 Å². The average Bonchev–Trinajstić information content (AvgIpc) is 2.80. The molecule has 0 amide bonds. The summed E-state index contributed by atoms with van der Waals surface area (Å²) in [4.78, 5) is 19.6. The fourth-order valence-electron chi connectivity index (χ4n) is 4.19. The Kier molecular flexibility index (Phi) is 7.28. The van der Waals surface area contributed by atoms with Crippen LogP contribution in [0.3, 0.4) is 0 Å². The fraction of sp³-hybridized carbons (Fsp3) is 0.500. The van der Waals surface area contributed by atoms with Gasteiger partial charge in [0.2, 0.25) is 5.95 Å². The topological polar surface area (TPSA) is 133 Å². The lowest BCUT2D eigenvalue weighted by molar-refractivity contribution is -0.00860. The van der Waals surface area contributed by atoms with Crippen molar-refractivity contribution in [3.63, 3.8) is 0 Å². The lowest BCUT2D eigenvalue weighted by Gasteiger charge is -2.38. The Morgan fingerprint density at radius 2 is 2.00 bits per heavy atom. The molecule has 3 N–H and O–H groups in total. The van der Waals surface area contributed by atoms with Crippen molar-refractivity contribution in [2.24, 2.45) is 0 Å². The van der Waals surface area contributed by atoms with Crippen LogP contribution in [0.5, 0.6) is 0 Å². The first kappa shape index (κ1) is 26.0. The van der Waals surface area contributed by atoms with E-state index >= 15 is 0 Å². The molecule has 0 spiro atoms. The van der Waals surface area contributed by atoms with E-state index in [9.17, 15) is 17.9 Å². The van der Waals surface area contributed by atoms with Crippen LogP contribution in [0, 0.1) is 0 Å². The van der Waals surface area contributed by atoms with Crippen LogP contribution >= 0.6 is 0 Å². The van der Waals surface area contributed by atoms with Gasteiger partial charge in [0.25, 0.3) is 0 Å². The highest BCUT2D eigenvalue weighted by molar-refractivity contribution is 7.90. The molecule has 12 heteroatoms. The first-order valence-electron chi connectivity index (χ1n) is 11.9. The third-order valence-electron chi connectivity index (χ3n) is 6.24. The number of hydrogen-bond acceptors (Lipinski definition) is 10. The van der Waals surface area contributed by atoms with E-state index in [1.54, 1.807) is 29.6 Å². The molecule has 0 aromatic carbocycles. The molecule has 2 atom stereocenters. The summed E-state index contributed by atoms with van der Waals surface area (Å²) < 4.78 is 37.6. The highest BCUT2D eigenvalue weighted by atomic mass is 32.2. The molecule has 4 rings (SSSR count). The maximum atomic E-state index is 14.7. The molecule has 0 aliphatic carbocycles. The van der Waals surface area contributed by atoms with E-state index in [0.717, 1.165) is 16.3 Å². The summed E-state index contributed by atoms with van der Waals surface area (Å²) in [5, 5.41) is 17.9. The van der Waals surface area contributed by atoms with Crippen LogP contribution in [-0.2, 0) is 9.84 Å². The van der Waals surface area contributed by atoms with Crippen molar-refractivity contribution in [1.82, 2.24) is 19.9 Å². The minimum atomic E-state index is -3.10. The van der Waals surface area contributed by atoms with E-state index in [2.05, 4.69) is 44.4 Å². The number of aromatic nitrogens is 4. The summed E-state index contributed by atoms with van der Waals surface area (Å²) in [6.45, 7) is 6.24. The molecule has 1 fully saturated rings. The van der Waals surface area contributed by atoms with E-state index in [-0.39, 0.29) is 24.8 Å². The van der Waals surface area contributed by atoms with Crippen molar-refractivity contribution in [2.45, 2.75) is 44.9 Å². The van der Waals surface area contributed by atoms with Crippen molar-refractivity contribution in [3.8, 4) is 0 Å². The number of halogens is 1. The number of piperidine rings is 1. The standard InChI is InChI=1S/C24H32FN7O3S/c1-15(2)17-12-29-22(26-8-10-36(4,34)35)18-13-28-21(11-16(17)18)30-20-5-7-27-23(31-20)32-9-6-19(33)24(3,25)14-32/h5,7,11-13,15,19,33H,6,8-10,14H2,1-4H3,(H,26,29)(H,27,28,30,31)/t19-,24+/m1/s1. The smallest absolute Gasteiger partial charge is 0.227 e. The number of anilines is 4. The molecule has 0 radical (unpaired) electrons. The monoisotopic (exact) mass is 517 g/mol. The molecular weight excluding hydrogens is 485 g/mol. The van der Waals surface area contributed by atoms with Gasteiger partial charge in [0.15, 0.2) is 5.67 Å². The lowest BCUT2D eigenvalue weighted by atomic mass is 9.94. The molecule has 3 aromatic heterocycles. The molecule has 194 valence electrons. The SMILES string of the molecule is CC(C)c1cnc(NCCS(C)(=O)=O)c2cnc(Nc3ccnc(N4CC[C@@H](O)[C@@](C)(F)C4)n3)cc12. The number of nitrogens with zero attached hydrogens (tertiary/aromatic N) is 5. The zero-order chi connectivity index (χ0) is 26.1. The van der Waals surface area contributed by atoms with Crippen LogP contribution < -0.4 is 15.5 Å². The van der Waals surface area contributed by atoms with Gasteiger partial charge in [0, 0.05) is 43.3 Å². The van der Waals surface area contributed by atoms with Gasteiger partial charge in [-0.15, -0.1) is 0 Å². The normalized spacial score (nSPS) is 20.6. The van der Waals surface area contributed by atoms with Crippen molar-refractivity contribution in [3.05, 3.63) is 36.3 Å². The number of aliphatic hydroxyl groups is 1. The predicted molar refractivity (Wildman–Crippen MR) is 139 cm³/mol. The number of sulfone groups is 1. The summed E-state index contributed by atoms with van der Waals surface area (Å²) in [5.41, 5.74) is -0.708. The summed E-state index contributed by atoms with van der Waals surface area (Å²) in [6, 6.07) is 3.61. The third kappa shape index (κ3) is 5.98. The summed E-state index contributed by atoms with van der Waals surface area (Å²) in [7, 11) is -3.10. The molecular formula is C24H32FN7O3S. The van der Waals surface area contributed by atoms with Crippen LogP contribution in [0.1, 0.15) is 38.7 Å². The Bertz CT molecular complexity index is 1350. The number of fused-ring (bicyclic) bond motifs is 1.